The van der Waals surface area contributed by atoms with Crippen molar-refractivity contribution in [3.05, 3.63) is 29.3 Å². The summed E-state index contributed by atoms with van der Waals surface area (Å²) in [5.74, 6) is 0.691. The van der Waals surface area contributed by atoms with Gasteiger partial charge < -0.3 is 5.32 Å². The lowest BCUT2D eigenvalue weighted by Crippen LogP contribution is -2.06. The molecule has 0 bridgehead atoms. The highest BCUT2D eigenvalue weighted by Crippen LogP contribution is 2.32. The Morgan fingerprint density at radius 2 is 2.12 bits per heavy atom. The zero-order valence-electron chi connectivity index (χ0n) is 9.47. The Labute approximate surface area is 94.9 Å². The summed E-state index contributed by atoms with van der Waals surface area (Å²) in [6.45, 7) is 2.86. The molecule has 0 atom stereocenters. The molecule has 0 spiro atoms. The first kappa shape index (κ1) is 11.4. The fourth-order valence-electron chi connectivity index (χ4n) is 1.74. The first-order chi connectivity index (χ1) is 7.70. The first-order valence-electron chi connectivity index (χ1n) is 5.85. The van der Waals surface area contributed by atoms with Crippen molar-refractivity contribution in [2.75, 3.05) is 11.9 Å². The summed E-state index contributed by atoms with van der Waals surface area (Å²) >= 11 is 0. The van der Waals surface area contributed by atoms with Gasteiger partial charge in [-0.25, -0.2) is 8.78 Å². The number of aryl methyl sites for hydroxylation is 1. The fourth-order valence-corrected chi connectivity index (χ4v) is 1.74. The lowest BCUT2D eigenvalue weighted by molar-refractivity contribution is 0.152. The van der Waals surface area contributed by atoms with Gasteiger partial charge >= 0.3 is 0 Å². The molecule has 2 rings (SSSR count). The zero-order valence-corrected chi connectivity index (χ0v) is 9.47. The van der Waals surface area contributed by atoms with Gasteiger partial charge in [0.25, 0.3) is 6.43 Å². The van der Waals surface area contributed by atoms with Crippen LogP contribution in [0.15, 0.2) is 18.2 Å². The molecule has 88 valence electrons. The lowest BCUT2D eigenvalue weighted by atomic mass is 10.1. The van der Waals surface area contributed by atoms with Gasteiger partial charge in [-0.1, -0.05) is 19.1 Å². The molecule has 0 aromatic heterocycles. The van der Waals surface area contributed by atoms with Crippen LogP contribution in [0.3, 0.4) is 0 Å². The average Bonchev–Trinajstić information content (AvgIpc) is 3.09. The second kappa shape index (κ2) is 4.81. The van der Waals surface area contributed by atoms with Crippen LogP contribution in [0.2, 0.25) is 0 Å². The Bertz CT molecular complexity index is 359. The van der Waals surface area contributed by atoms with E-state index in [1.54, 1.807) is 12.1 Å². The van der Waals surface area contributed by atoms with Crippen LogP contribution in [0.5, 0.6) is 0 Å². The van der Waals surface area contributed by atoms with E-state index in [0.717, 1.165) is 18.5 Å². The van der Waals surface area contributed by atoms with Gasteiger partial charge in [0.05, 0.1) is 0 Å². The molecule has 1 fully saturated rings. The maximum Gasteiger partial charge on any atom is 0.265 e. The summed E-state index contributed by atoms with van der Waals surface area (Å²) < 4.78 is 25.5. The maximum atomic E-state index is 12.8. The molecular formula is C13H17F2N. The molecule has 1 aliphatic carbocycles. The van der Waals surface area contributed by atoms with E-state index in [0.29, 0.717) is 11.6 Å². The minimum absolute atomic E-state index is 0.123. The van der Waals surface area contributed by atoms with Crippen molar-refractivity contribution in [2.45, 2.75) is 32.6 Å². The third kappa shape index (κ3) is 2.71. The molecule has 0 radical (unpaired) electrons. The fraction of sp³-hybridized carbons (Fsp3) is 0.538. The van der Waals surface area contributed by atoms with Crippen molar-refractivity contribution in [1.82, 2.24) is 0 Å². The van der Waals surface area contributed by atoms with E-state index in [9.17, 15) is 8.78 Å². The largest absolute Gasteiger partial charge is 0.384 e. The number of hydrogen-bond acceptors (Lipinski definition) is 1. The van der Waals surface area contributed by atoms with Crippen LogP contribution in [0.25, 0.3) is 0 Å². The molecule has 3 heteroatoms. The van der Waals surface area contributed by atoms with Gasteiger partial charge in [0, 0.05) is 17.8 Å². The highest BCUT2D eigenvalue weighted by molar-refractivity contribution is 5.54. The van der Waals surface area contributed by atoms with Gasteiger partial charge in [0.2, 0.25) is 0 Å². The maximum absolute atomic E-state index is 12.8. The summed E-state index contributed by atoms with van der Waals surface area (Å²) in [5, 5.41) is 3.15. The zero-order chi connectivity index (χ0) is 11.5. The Hall–Kier alpha value is -1.12. The van der Waals surface area contributed by atoms with Crippen LogP contribution in [0, 0.1) is 5.92 Å². The van der Waals surface area contributed by atoms with Gasteiger partial charge in [-0.05, 0) is 36.8 Å². The van der Waals surface area contributed by atoms with E-state index < -0.39 is 6.43 Å². The third-order valence-corrected chi connectivity index (χ3v) is 3.04. The Morgan fingerprint density at radius 3 is 2.69 bits per heavy atom. The summed E-state index contributed by atoms with van der Waals surface area (Å²) in [7, 11) is 0. The topological polar surface area (TPSA) is 12.0 Å². The van der Waals surface area contributed by atoms with Gasteiger partial charge in [-0.15, -0.1) is 0 Å². The minimum Gasteiger partial charge on any atom is -0.384 e. The molecule has 1 nitrogen and oxygen atoms in total. The van der Waals surface area contributed by atoms with E-state index in [-0.39, 0.29) is 5.56 Å². The lowest BCUT2D eigenvalue weighted by Gasteiger charge is -2.12. The molecule has 0 unspecified atom stereocenters. The molecule has 16 heavy (non-hydrogen) atoms. The van der Waals surface area contributed by atoms with Crippen molar-refractivity contribution in [3.8, 4) is 0 Å². The number of nitrogens with one attached hydrogen (secondary N) is 1. The predicted molar refractivity (Wildman–Crippen MR) is 62.0 cm³/mol. The molecule has 0 amide bonds. The molecule has 1 aromatic carbocycles. The Morgan fingerprint density at radius 1 is 1.38 bits per heavy atom. The Balaban J connectivity index is 2.14. The van der Waals surface area contributed by atoms with Gasteiger partial charge in [-0.2, -0.15) is 0 Å². The molecule has 1 aliphatic rings. The van der Waals surface area contributed by atoms with Crippen LogP contribution in [-0.4, -0.2) is 6.54 Å². The number of alkyl halides is 2. The summed E-state index contributed by atoms with van der Waals surface area (Å²) in [4.78, 5) is 0. The quantitative estimate of drug-likeness (QED) is 0.798. The van der Waals surface area contributed by atoms with Crippen LogP contribution in [-0.2, 0) is 6.42 Å². The molecule has 0 saturated heterocycles. The van der Waals surface area contributed by atoms with Gasteiger partial charge in [0.1, 0.15) is 0 Å². The smallest absolute Gasteiger partial charge is 0.265 e. The summed E-state index contributed by atoms with van der Waals surface area (Å²) in [5.41, 5.74) is 1.83. The molecule has 0 heterocycles. The van der Waals surface area contributed by atoms with E-state index in [2.05, 4.69) is 5.32 Å². The van der Waals surface area contributed by atoms with Crippen molar-refractivity contribution in [1.29, 1.82) is 0 Å². The standard InChI is InChI=1S/C13H17F2N/c1-2-9-5-6-11(13(14)15)12(7-9)16-8-10-3-4-10/h5-7,10,13,16H,2-4,8H2,1H3. The first-order valence-corrected chi connectivity index (χ1v) is 5.85. The normalized spacial score (nSPS) is 15.5. The van der Waals surface area contributed by atoms with E-state index in [1.165, 1.54) is 12.8 Å². The number of benzene rings is 1. The minimum atomic E-state index is -2.40. The van der Waals surface area contributed by atoms with Crippen LogP contribution >= 0.6 is 0 Å². The van der Waals surface area contributed by atoms with Gasteiger partial charge in [0.15, 0.2) is 0 Å². The van der Waals surface area contributed by atoms with E-state index in [4.69, 9.17) is 0 Å². The van der Waals surface area contributed by atoms with Crippen molar-refractivity contribution in [2.24, 2.45) is 5.92 Å². The van der Waals surface area contributed by atoms with E-state index in [1.807, 2.05) is 13.0 Å². The molecular weight excluding hydrogens is 208 g/mol. The van der Waals surface area contributed by atoms with Crippen LogP contribution in [0.1, 0.15) is 37.3 Å². The predicted octanol–water partition coefficient (Wildman–Crippen LogP) is 4.01. The van der Waals surface area contributed by atoms with Crippen molar-refractivity contribution in [3.63, 3.8) is 0 Å². The van der Waals surface area contributed by atoms with Crippen LogP contribution in [0.4, 0.5) is 14.5 Å². The average molecular weight is 225 g/mol. The summed E-state index contributed by atoms with van der Waals surface area (Å²) in [6, 6.07) is 5.17. The summed E-state index contributed by atoms with van der Waals surface area (Å²) in [6.07, 6.45) is 0.934. The number of halogens is 2. The monoisotopic (exact) mass is 225 g/mol. The second-order valence-corrected chi connectivity index (χ2v) is 4.40. The number of anilines is 1. The second-order valence-electron chi connectivity index (χ2n) is 4.40. The van der Waals surface area contributed by atoms with Crippen molar-refractivity contribution >= 4 is 5.69 Å². The highest BCUT2D eigenvalue weighted by atomic mass is 19.3. The van der Waals surface area contributed by atoms with E-state index >= 15 is 0 Å². The SMILES string of the molecule is CCc1ccc(C(F)F)c(NCC2CC2)c1. The molecule has 1 saturated carbocycles. The van der Waals surface area contributed by atoms with Crippen molar-refractivity contribution < 1.29 is 8.78 Å². The number of hydrogen-bond donors (Lipinski definition) is 1. The van der Waals surface area contributed by atoms with Gasteiger partial charge in [-0.3, -0.25) is 0 Å². The van der Waals surface area contributed by atoms with Crippen LogP contribution < -0.4 is 5.32 Å². The molecule has 0 aliphatic heterocycles. The molecule has 1 aromatic rings. The molecule has 1 N–H and O–H groups in total. The Kier molecular flexibility index (Phi) is 3.42. The highest BCUT2D eigenvalue weighted by Gasteiger charge is 2.22. The number of rotatable bonds is 5. The third-order valence-electron chi connectivity index (χ3n) is 3.04.